The monoisotopic (exact) mass is 203 g/mol. The Morgan fingerprint density at radius 3 is 2.14 bits per heavy atom. The van der Waals surface area contributed by atoms with Gasteiger partial charge in [-0.1, -0.05) is 13.3 Å². The summed E-state index contributed by atoms with van der Waals surface area (Å²) in [5.74, 6) is 0. The van der Waals surface area contributed by atoms with Crippen LogP contribution in [0.4, 0.5) is 0 Å². The van der Waals surface area contributed by atoms with Crippen molar-refractivity contribution in [3.8, 4) is 0 Å². The average molecular weight is 203 g/mol. The molecule has 1 unspecified atom stereocenters. The van der Waals surface area contributed by atoms with Gasteiger partial charge in [-0.3, -0.25) is 0 Å². The van der Waals surface area contributed by atoms with Crippen molar-refractivity contribution in [3.05, 3.63) is 0 Å². The van der Waals surface area contributed by atoms with Crippen molar-refractivity contribution in [3.63, 3.8) is 0 Å². The van der Waals surface area contributed by atoms with Gasteiger partial charge in [-0.2, -0.15) is 0 Å². The summed E-state index contributed by atoms with van der Waals surface area (Å²) in [6.45, 7) is 6.44. The van der Waals surface area contributed by atoms with E-state index in [1.54, 1.807) is 6.92 Å². The van der Waals surface area contributed by atoms with Crippen LogP contribution in [0.15, 0.2) is 0 Å². The largest absolute Gasteiger partial charge is 0.378 e. The first-order valence-electron chi connectivity index (χ1n) is 5.39. The molecule has 3 nitrogen and oxygen atoms in total. The van der Waals surface area contributed by atoms with Gasteiger partial charge in [0.15, 0.2) is 0 Å². The molecule has 0 N–H and O–H groups in total. The molecule has 0 rings (SSSR count). The van der Waals surface area contributed by atoms with Crippen LogP contribution in [0, 0.1) is 0 Å². The Kier molecular flexibility index (Phi) is 17.3. The van der Waals surface area contributed by atoms with Gasteiger partial charge in [-0.15, -0.1) is 0 Å². The van der Waals surface area contributed by atoms with E-state index in [4.69, 9.17) is 9.84 Å². The van der Waals surface area contributed by atoms with Gasteiger partial charge in [0.25, 0.3) is 0 Å². The second-order valence-corrected chi connectivity index (χ2v) is 2.90. The first-order chi connectivity index (χ1) is 6.76. The van der Waals surface area contributed by atoms with Crippen LogP contribution >= 0.6 is 0 Å². The van der Waals surface area contributed by atoms with Crippen molar-refractivity contribution in [2.75, 3.05) is 13.2 Å². The molecule has 1 atom stereocenters. The Morgan fingerprint density at radius 2 is 1.79 bits per heavy atom. The maximum atomic E-state index is 10.1. The summed E-state index contributed by atoms with van der Waals surface area (Å²) in [5, 5.41) is 8.93. The fourth-order valence-electron chi connectivity index (χ4n) is 1.12. The molecule has 3 heteroatoms. The van der Waals surface area contributed by atoms with E-state index in [-0.39, 0.29) is 6.61 Å². The zero-order valence-electron chi connectivity index (χ0n) is 9.62. The van der Waals surface area contributed by atoms with Gasteiger partial charge in [0.2, 0.25) is 0 Å². The third-order valence-electron chi connectivity index (χ3n) is 1.62. The molecule has 0 amide bonds. The smallest absolute Gasteiger partial charge is 0.120 e. The molecule has 0 aliphatic carbocycles. The zero-order chi connectivity index (χ0) is 11.2. The maximum absolute atomic E-state index is 10.1. The number of ether oxygens (including phenoxy) is 1. The molecular weight excluding hydrogens is 180 g/mol. The number of carbonyl (C=O) groups is 1. The van der Waals surface area contributed by atoms with Crippen LogP contribution in [-0.2, 0) is 14.6 Å². The van der Waals surface area contributed by atoms with E-state index < -0.39 is 0 Å². The number of carbonyl (C=O) groups excluding carboxylic acids is 1. The molecule has 0 aliphatic heterocycles. The molecule has 14 heavy (non-hydrogen) atoms. The highest BCUT2D eigenvalue weighted by Crippen LogP contribution is 2.07. The number of aldehydes is 1. The molecule has 0 saturated heterocycles. The van der Waals surface area contributed by atoms with E-state index in [0.717, 1.165) is 32.2 Å². The second-order valence-electron chi connectivity index (χ2n) is 2.90. The standard InChI is InChI=1S/C9H18O2.C2H5O/c1-3-6-9(11-4-2)7-5-8-10;1-2-3/h8-9H,3-7H2,1-2H3;2H2,1H3. The third-order valence-corrected chi connectivity index (χ3v) is 1.62. The molecule has 0 spiro atoms. The zero-order valence-corrected chi connectivity index (χ0v) is 9.62. The summed E-state index contributed by atoms with van der Waals surface area (Å²) in [6.07, 6.45) is 4.97. The summed E-state index contributed by atoms with van der Waals surface area (Å²) in [7, 11) is 0. The number of hydrogen-bond acceptors (Lipinski definition) is 2. The van der Waals surface area contributed by atoms with Crippen LogP contribution in [0.25, 0.3) is 0 Å². The quantitative estimate of drug-likeness (QED) is 0.597. The van der Waals surface area contributed by atoms with Crippen molar-refractivity contribution in [2.24, 2.45) is 0 Å². The SMILES string of the molecule is CCCC(CCC=O)OCC.CC[O]. The van der Waals surface area contributed by atoms with E-state index in [9.17, 15) is 4.79 Å². The second kappa shape index (κ2) is 15.1. The predicted octanol–water partition coefficient (Wildman–Crippen LogP) is 2.61. The molecule has 0 aliphatic rings. The Bertz CT molecular complexity index is 98.7. The lowest BCUT2D eigenvalue weighted by Crippen LogP contribution is -2.12. The van der Waals surface area contributed by atoms with Gasteiger partial charge >= 0.3 is 0 Å². The lowest BCUT2D eigenvalue weighted by Gasteiger charge is -2.13. The van der Waals surface area contributed by atoms with Crippen molar-refractivity contribution in [1.29, 1.82) is 0 Å². The molecule has 0 aromatic heterocycles. The van der Waals surface area contributed by atoms with Gasteiger partial charge < -0.3 is 9.53 Å². The molecule has 0 fully saturated rings. The summed E-state index contributed by atoms with van der Waals surface area (Å²) in [4.78, 5) is 10.1. The van der Waals surface area contributed by atoms with Crippen LogP contribution in [0.1, 0.15) is 46.5 Å². The Balaban J connectivity index is 0. The first kappa shape index (κ1) is 16.0. The predicted molar refractivity (Wildman–Crippen MR) is 56.8 cm³/mol. The highest BCUT2D eigenvalue weighted by molar-refractivity contribution is 5.49. The Hall–Kier alpha value is -0.410. The van der Waals surface area contributed by atoms with E-state index in [1.807, 2.05) is 6.92 Å². The fraction of sp³-hybridized carbons (Fsp3) is 0.909. The van der Waals surface area contributed by atoms with E-state index in [1.165, 1.54) is 0 Å². The van der Waals surface area contributed by atoms with Gasteiger partial charge in [0.05, 0.1) is 12.7 Å². The van der Waals surface area contributed by atoms with Crippen LogP contribution in [0.3, 0.4) is 0 Å². The first-order valence-corrected chi connectivity index (χ1v) is 5.39. The van der Waals surface area contributed by atoms with Crippen molar-refractivity contribution < 1.29 is 14.6 Å². The van der Waals surface area contributed by atoms with Gasteiger partial charge in [-0.25, -0.2) is 5.11 Å². The molecule has 85 valence electrons. The van der Waals surface area contributed by atoms with Crippen molar-refractivity contribution >= 4 is 6.29 Å². The van der Waals surface area contributed by atoms with Crippen LogP contribution in [-0.4, -0.2) is 25.6 Å². The van der Waals surface area contributed by atoms with Crippen molar-refractivity contribution in [2.45, 2.75) is 52.6 Å². The number of hydrogen-bond donors (Lipinski definition) is 0. The normalized spacial score (nSPS) is 11.4. The van der Waals surface area contributed by atoms with Gasteiger partial charge in [0.1, 0.15) is 6.29 Å². The lowest BCUT2D eigenvalue weighted by molar-refractivity contribution is -0.108. The minimum absolute atomic E-state index is 0. The van der Waals surface area contributed by atoms with E-state index in [2.05, 4.69) is 6.92 Å². The summed E-state index contributed by atoms with van der Waals surface area (Å²) in [5.41, 5.74) is 0. The summed E-state index contributed by atoms with van der Waals surface area (Å²) >= 11 is 0. The molecule has 0 heterocycles. The summed E-state index contributed by atoms with van der Waals surface area (Å²) in [6, 6.07) is 0. The minimum Gasteiger partial charge on any atom is -0.378 e. The molecule has 1 radical (unpaired) electrons. The lowest BCUT2D eigenvalue weighted by atomic mass is 10.1. The van der Waals surface area contributed by atoms with Crippen LogP contribution in [0.2, 0.25) is 0 Å². The summed E-state index contributed by atoms with van der Waals surface area (Å²) < 4.78 is 5.43. The minimum atomic E-state index is 0. The molecule has 0 aromatic carbocycles. The van der Waals surface area contributed by atoms with E-state index in [0.29, 0.717) is 12.5 Å². The highest BCUT2D eigenvalue weighted by Gasteiger charge is 2.05. The van der Waals surface area contributed by atoms with E-state index >= 15 is 0 Å². The topological polar surface area (TPSA) is 46.2 Å². The number of rotatable bonds is 7. The Morgan fingerprint density at radius 1 is 1.21 bits per heavy atom. The molecule has 0 saturated carbocycles. The third kappa shape index (κ3) is 14.1. The van der Waals surface area contributed by atoms with Gasteiger partial charge in [-0.05, 0) is 26.7 Å². The molecule has 0 aromatic rings. The average Bonchev–Trinajstić information content (AvgIpc) is 2.16. The van der Waals surface area contributed by atoms with Crippen LogP contribution < -0.4 is 0 Å². The molecular formula is C11H23O3. The Labute approximate surface area is 87.5 Å². The van der Waals surface area contributed by atoms with Crippen LogP contribution in [0.5, 0.6) is 0 Å². The fourth-order valence-corrected chi connectivity index (χ4v) is 1.12. The molecule has 0 bridgehead atoms. The maximum Gasteiger partial charge on any atom is 0.120 e. The highest BCUT2D eigenvalue weighted by atomic mass is 16.5. The van der Waals surface area contributed by atoms with Gasteiger partial charge in [0, 0.05) is 13.0 Å². The van der Waals surface area contributed by atoms with Crippen molar-refractivity contribution in [1.82, 2.24) is 0 Å².